The third-order valence-electron chi connectivity index (χ3n) is 4.29. The summed E-state index contributed by atoms with van der Waals surface area (Å²) in [7, 11) is 0. The van der Waals surface area contributed by atoms with Crippen molar-refractivity contribution in [2.45, 2.75) is 51.6 Å². The summed E-state index contributed by atoms with van der Waals surface area (Å²) < 4.78 is 43.6. The van der Waals surface area contributed by atoms with Gasteiger partial charge in [-0.1, -0.05) is 50.5 Å². The van der Waals surface area contributed by atoms with E-state index in [1.807, 2.05) is 0 Å². The standard InChI is InChI=1S/C20H23F3O2/c1-3-4-5-6-11-25-19(24)14(2)15-7-8-17-13-18(20(21,22)23)10-9-16(17)12-15/h7-10,12-14H,3-6,11H2,1-2H3. The number of benzene rings is 2. The predicted molar refractivity (Wildman–Crippen MR) is 92.5 cm³/mol. The van der Waals surface area contributed by atoms with Gasteiger partial charge in [-0.15, -0.1) is 0 Å². The molecule has 136 valence electrons. The Labute approximate surface area is 146 Å². The first-order chi connectivity index (χ1) is 11.8. The summed E-state index contributed by atoms with van der Waals surface area (Å²) in [5, 5.41) is 1.17. The molecule has 2 aromatic carbocycles. The van der Waals surface area contributed by atoms with Gasteiger partial charge in [0.2, 0.25) is 0 Å². The van der Waals surface area contributed by atoms with Gasteiger partial charge in [0.25, 0.3) is 0 Å². The highest BCUT2D eigenvalue weighted by Crippen LogP contribution is 2.32. The van der Waals surface area contributed by atoms with Gasteiger partial charge in [0.1, 0.15) is 0 Å². The van der Waals surface area contributed by atoms with E-state index in [0.29, 0.717) is 17.4 Å². The lowest BCUT2D eigenvalue weighted by molar-refractivity contribution is -0.145. The Morgan fingerprint density at radius 1 is 1.04 bits per heavy atom. The summed E-state index contributed by atoms with van der Waals surface area (Å²) in [6.45, 7) is 4.27. The van der Waals surface area contributed by atoms with Crippen molar-refractivity contribution in [1.82, 2.24) is 0 Å². The SMILES string of the molecule is CCCCCCOC(=O)C(C)c1ccc2cc(C(F)(F)F)ccc2c1. The molecule has 2 nitrogen and oxygen atoms in total. The van der Waals surface area contributed by atoms with Gasteiger partial charge in [0.15, 0.2) is 0 Å². The number of hydrogen-bond acceptors (Lipinski definition) is 2. The molecule has 1 unspecified atom stereocenters. The summed E-state index contributed by atoms with van der Waals surface area (Å²) in [4.78, 5) is 12.1. The van der Waals surface area contributed by atoms with Crippen molar-refractivity contribution in [3.05, 3.63) is 47.5 Å². The molecule has 0 fully saturated rings. The minimum absolute atomic E-state index is 0.303. The van der Waals surface area contributed by atoms with Gasteiger partial charge in [-0.2, -0.15) is 13.2 Å². The van der Waals surface area contributed by atoms with Crippen molar-refractivity contribution in [1.29, 1.82) is 0 Å². The first-order valence-corrected chi connectivity index (χ1v) is 8.60. The van der Waals surface area contributed by atoms with E-state index in [0.717, 1.165) is 43.4 Å². The van der Waals surface area contributed by atoms with E-state index in [1.54, 1.807) is 25.1 Å². The molecular formula is C20H23F3O2. The second-order valence-electron chi connectivity index (χ2n) is 6.27. The van der Waals surface area contributed by atoms with E-state index in [2.05, 4.69) is 6.92 Å². The van der Waals surface area contributed by atoms with Crippen molar-refractivity contribution in [2.75, 3.05) is 6.61 Å². The summed E-state index contributed by atoms with van der Waals surface area (Å²) in [6, 6.07) is 8.66. The number of carbonyl (C=O) groups is 1. The molecular weight excluding hydrogens is 329 g/mol. The molecule has 0 aliphatic heterocycles. The maximum absolute atomic E-state index is 12.8. The maximum atomic E-state index is 12.8. The second kappa shape index (κ2) is 8.37. The van der Waals surface area contributed by atoms with Crippen molar-refractivity contribution in [3.63, 3.8) is 0 Å². The molecule has 0 amide bonds. The highest BCUT2D eigenvalue weighted by Gasteiger charge is 2.30. The van der Waals surface area contributed by atoms with Crippen LogP contribution in [0.25, 0.3) is 10.8 Å². The van der Waals surface area contributed by atoms with Crippen molar-refractivity contribution < 1.29 is 22.7 Å². The van der Waals surface area contributed by atoms with Gasteiger partial charge < -0.3 is 4.74 Å². The average molecular weight is 352 g/mol. The fraction of sp³-hybridized carbons (Fsp3) is 0.450. The largest absolute Gasteiger partial charge is 0.465 e. The number of carbonyl (C=O) groups excluding carboxylic acids is 1. The monoisotopic (exact) mass is 352 g/mol. The number of halogens is 3. The Kier molecular flexibility index (Phi) is 6.45. The van der Waals surface area contributed by atoms with Gasteiger partial charge in [-0.25, -0.2) is 0 Å². The lowest BCUT2D eigenvalue weighted by Gasteiger charge is -2.13. The molecule has 0 spiro atoms. The Morgan fingerprint density at radius 3 is 2.40 bits per heavy atom. The summed E-state index contributed by atoms with van der Waals surface area (Å²) in [6.07, 6.45) is -0.225. The summed E-state index contributed by atoms with van der Waals surface area (Å²) in [5.74, 6) is -0.749. The zero-order chi connectivity index (χ0) is 18.4. The lowest BCUT2D eigenvalue weighted by Crippen LogP contribution is -2.14. The number of hydrogen-bond donors (Lipinski definition) is 0. The molecule has 0 N–H and O–H groups in total. The molecule has 1 atom stereocenters. The summed E-state index contributed by atoms with van der Waals surface area (Å²) >= 11 is 0. The fourth-order valence-electron chi connectivity index (χ4n) is 2.67. The molecule has 2 rings (SSSR count). The zero-order valence-corrected chi connectivity index (χ0v) is 14.5. The molecule has 5 heteroatoms. The number of rotatable bonds is 7. The molecule has 0 heterocycles. The second-order valence-corrected chi connectivity index (χ2v) is 6.27. The molecule has 2 aromatic rings. The first-order valence-electron chi connectivity index (χ1n) is 8.60. The van der Waals surface area contributed by atoms with Gasteiger partial charge in [0.05, 0.1) is 18.1 Å². The molecule has 0 aliphatic carbocycles. The van der Waals surface area contributed by atoms with E-state index in [4.69, 9.17) is 4.74 Å². The molecule has 0 radical (unpaired) electrons. The van der Waals surface area contributed by atoms with Crippen LogP contribution in [0.15, 0.2) is 36.4 Å². The van der Waals surface area contributed by atoms with Crippen molar-refractivity contribution >= 4 is 16.7 Å². The normalized spacial score (nSPS) is 13.0. The van der Waals surface area contributed by atoms with E-state index in [1.165, 1.54) is 6.07 Å². The van der Waals surface area contributed by atoms with Gasteiger partial charge in [0, 0.05) is 0 Å². The number of fused-ring (bicyclic) bond motifs is 1. The van der Waals surface area contributed by atoms with Crippen LogP contribution in [0.4, 0.5) is 13.2 Å². The summed E-state index contributed by atoms with van der Waals surface area (Å²) in [5.41, 5.74) is 0.0677. The average Bonchev–Trinajstić information content (AvgIpc) is 2.59. The highest BCUT2D eigenvalue weighted by molar-refractivity contribution is 5.86. The first kappa shape index (κ1) is 19.3. The third kappa shape index (κ3) is 5.21. The van der Waals surface area contributed by atoms with Crippen LogP contribution in [0.3, 0.4) is 0 Å². The number of alkyl halides is 3. The van der Waals surface area contributed by atoms with Crippen molar-refractivity contribution in [2.24, 2.45) is 0 Å². The molecule has 0 saturated heterocycles. The molecule has 0 aromatic heterocycles. The van der Waals surface area contributed by atoms with Crippen LogP contribution in [0.5, 0.6) is 0 Å². The lowest BCUT2D eigenvalue weighted by atomic mass is 9.97. The van der Waals surface area contributed by atoms with Gasteiger partial charge >= 0.3 is 12.1 Å². The maximum Gasteiger partial charge on any atom is 0.416 e. The molecule has 0 bridgehead atoms. The van der Waals surface area contributed by atoms with E-state index < -0.39 is 17.7 Å². The quantitative estimate of drug-likeness (QED) is 0.445. The van der Waals surface area contributed by atoms with E-state index in [-0.39, 0.29) is 5.97 Å². The minimum Gasteiger partial charge on any atom is -0.465 e. The molecule has 0 saturated carbocycles. The Balaban J connectivity index is 2.06. The molecule has 25 heavy (non-hydrogen) atoms. The number of unbranched alkanes of at least 4 members (excludes halogenated alkanes) is 3. The zero-order valence-electron chi connectivity index (χ0n) is 14.5. The predicted octanol–water partition coefficient (Wildman–Crippen LogP) is 6.09. The van der Waals surface area contributed by atoms with Crippen molar-refractivity contribution in [3.8, 4) is 0 Å². The minimum atomic E-state index is -4.36. The third-order valence-corrected chi connectivity index (χ3v) is 4.29. The van der Waals surface area contributed by atoms with Gasteiger partial charge in [-0.05, 0) is 41.8 Å². The Morgan fingerprint density at radius 2 is 1.72 bits per heavy atom. The smallest absolute Gasteiger partial charge is 0.416 e. The van der Waals surface area contributed by atoms with Crippen LogP contribution >= 0.6 is 0 Å². The number of esters is 1. The van der Waals surface area contributed by atoms with Crippen LogP contribution in [-0.4, -0.2) is 12.6 Å². The number of ether oxygens (including phenoxy) is 1. The van der Waals surface area contributed by atoms with Crippen LogP contribution in [0.1, 0.15) is 56.6 Å². The van der Waals surface area contributed by atoms with E-state index >= 15 is 0 Å². The van der Waals surface area contributed by atoms with Gasteiger partial charge in [-0.3, -0.25) is 4.79 Å². The van der Waals surface area contributed by atoms with Crippen LogP contribution in [-0.2, 0) is 15.7 Å². The topological polar surface area (TPSA) is 26.3 Å². The Hall–Kier alpha value is -2.04. The fourth-order valence-corrected chi connectivity index (χ4v) is 2.67. The van der Waals surface area contributed by atoms with Crippen LogP contribution < -0.4 is 0 Å². The molecule has 0 aliphatic rings. The highest BCUT2D eigenvalue weighted by atomic mass is 19.4. The van der Waals surface area contributed by atoms with E-state index in [9.17, 15) is 18.0 Å². The Bertz CT molecular complexity index is 722. The van der Waals surface area contributed by atoms with Crippen LogP contribution in [0.2, 0.25) is 0 Å². The van der Waals surface area contributed by atoms with Crippen LogP contribution in [0, 0.1) is 0 Å².